The van der Waals surface area contributed by atoms with Crippen molar-refractivity contribution in [3.63, 3.8) is 0 Å². The van der Waals surface area contributed by atoms with Crippen LogP contribution in [-0.4, -0.2) is 36.3 Å². The van der Waals surface area contributed by atoms with Gasteiger partial charge in [0.2, 0.25) is 0 Å². The fraction of sp³-hybridized carbons (Fsp3) is 0.621. The first-order valence-electron chi connectivity index (χ1n) is 13.4. The van der Waals surface area contributed by atoms with E-state index in [2.05, 4.69) is 47.5 Å². The summed E-state index contributed by atoms with van der Waals surface area (Å²) < 4.78 is 6.44. The van der Waals surface area contributed by atoms with Crippen LogP contribution in [0.5, 0.6) is 0 Å². The van der Waals surface area contributed by atoms with Crippen molar-refractivity contribution >= 4 is 5.69 Å². The number of rotatable bonds is 6. The lowest BCUT2D eigenvalue weighted by Gasteiger charge is -2.46. The third-order valence-electron chi connectivity index (χ3n) is 9.21. The van der Waals surface area contributed by atoms with E-state index in [0.29, 0.717) is 12.1 Å². The molecule has 1 saturated heterocycles. The summed E-state index contributed by atoms with van der Waals surface area (Å²) in [6.45, 7) is 5.43. The molecule has 4 heterocycles. The number of benzene rings is 1. The minimum Gasteiger partial charge on any atom is -0.375 e. The second-order valence-corrected chi connectivity index (χ2v) is 11.0. The molecular formula is C29H39N3O. The van der Waals surface area contributed by atoms with Gasteiger partial charge in [-0.25, -0.2) is 0 Å². The van der Waals surface area contributed by atoms with E-state index in [-0.39, 0.29) is 11.0 Å². The lowest BCUT2D eigenvalue weighted by Crippen LogP contribution is -2.48. The molecule has 176 valence electrons. The highest BCUT2D eigenvalue weighted by atomic mass is 16.5. The van der Waals surface area contributed by atoms with E-state index in [1.54, 1.807) is 11.3 Å². The van der Waals surface area contributed by atoms with Crippen LogP contribution < -0.4 is 10.2 Å². The van der Waals surface area contributed by atoms with Crippen LogP contribution in [-0.2, 0) is 16.6 Å². The van der Waals surface area contributed by atoms with E-state index in [4.69, 9.17) is 9.72 Å². The number of ether oxygens (including phenoxy) is 1. The normalized spacial score (nSPS) is 30.0. The molecule has 1 N–H and O–H groups in total. The van der Waals surface area contributed by atoms with Gasteiger partial charge in [0.1, 0.15) is 0 Å². The van der Waals surface area contributed by atoms with Crippen molar-refractivity contribution in [2.24, 2.45) is 0 Å². The Morgan fingerprint density at radius 2 is 2.03 bits per heavy atom. The lowest BCUT2D eigenvalue weighted by molar-refractivity contribution is -0.104. The predicted molar refractivity (Wildman–Crippen MR) is 134 cm³/mol. The van der Waals surface area contributed by atoms with Gasteiger partial charge in [-0.1, -0.05) is 44.0 Å². The van der Waals surface area contributed by atoms with E-state index < -0.39 is 0 Å². The first kappa shape index (κ1) is 21.6. The Bertz CT molecular complexity index is 970. The van der Waals surface area contributed by atoms with Gasteiger partial charge in [0.25, 0.3) is 0 Å². The number of aromatic nitrogens is 1. The summed E-state index contributed by atoms with van der Waals surface area (Å²) in [5, 5.41) is 4.01. The standard InChI is InChI=1S/C29H39N3O/c1-2-23-20-22-8-7-9-24-25(11-18-32(23)27(22)24)30-17-14-28(26-10-3-6-16-31-26)15-19-33-29(21-28)12-4-5-13-29/h3,6-10,16,23,25,30H,2,4-5,11-15,17-21H2,1H3/t23?,25?,28-/m1/s1. The van der Waals surface area contributed by atoms with Gasteiger partial charge in [0.05, 0.1) is 5.60 Å². The highest BCUT2D eigenvalue weighted by Gasteiger charge is 2.48. The monoisotopic (exact) mass is 445 g/mol. The quantitative estimate of drug-likeness (QED) is 0.618. The molecule has 0 radical (unpaired) electrons. The zero-order chi connectivity index (χ0) is 22.3. The van der Waals surface area contributed by atoms with E-state index >= 15 is 0 Å². The van der Waals surface area contributed by atoms with E-state index in [0.717, 1.165) is 32.4 Å². The topological polar surface area (TPSA) is 37.4 Å². The second kappa shape index (κ2) is 8.70. The second-order valence-electron chi connectivity index (χ2n) is 11.0. The van der Waals surface area contributed by atoms with Crippen LogP contribution in [0.4, 0.5) is 5.69 Å². The number of nitrogens with zero attached hydrogens (tertiary/aromatic N) is 2. The smallest absolute Gasteiger partial charge is 0.0691 e. The lowest BCUT2D eigenvalue weighted by atomic mass is 9.68. The Hall–Kier alpha value is -1.91. The summed E-state index contributed by atoms with van der Waals surface area (Å²) in [5.74, 6) is 0. The highest BCUT2D eigenvalue weighted by Crippen LogP contribution is 2.50. The fourth-order valence-corrected chi connectivity index (χ4v) is 7.53. The maximum absolute atomic E-state index is 6.44. The molecule has 0 amide bonds. The first-order chi connectivity index (χ1) is 16.2. The van der Waals surface area contributed by atoms with E-state index in [1.807, 2.05) is 12.3 Å². The molecule has 2 unspecified atom stereocenters. The van der Waals surface area contributed by atoms with Crippen molar-refractivity contribution in [1.82, 2.24) is 10.3 Å². The Kier molecular flexibility index (Phi) is 5.70. The molecule has 0 bridgehead atoms. The minimum atomic E-state index is 0.0938. The van der Waals surface area contributed by atoms with Gasteiger partial charge in [-0.2, -0.15) is 0 Å². The zero-order valence-corrected chi connectivity index (χ0v) is 20.2. The molecule has 1 aromatic carbocycles. The largest absolute Gasteiger partial charge is 0.375 e. The number of hydrogen-bond donors (Lipinski definition) is 1. The summed E-state index contributed by atoms with van der Waals surface area (Å²) in [6.07, 6.45) is 14.1. The van der Waals surface area contributed by atoms with Gasteiger partial charge in [-0.05, 0) is 81.2 Å². The van der Waals surface area contributed by atoms with Crippen molar-refractivity contribution in [2.75, 3.05) is 24.6 Å². The summed E-state index contributed by atoms with van der Waals surface area (Å²) in [4.78, 5) is 7.58. The number of anilines is 1. The van der Waals surface area contributed by atoms with Crippen LogP contribution in [0.25, 0.3) is 0 Å². The summed E-state index contributed by atoms with van der Waals surface area (Å²) in [7, 11) is 0. The Morgan fingerprint density at radius 3 is 2.85 bits per heavy atom. The molecule has 1 saturated carbocycles. The SMILES string of the molecule is CCC1Cc2cccc3c2N1CCC3NCC[C@@]1(c2ccccn2)CCOC2(CCCC2)C1. The van der Waals surface area contributed by atoms with Crippen LogP contribution in [0, 0.1) is 0 Å². The average molecular weight is 446 g/mol. The summed E-state index contributed by atoms with van der Waals surface area (Å²) in [6, 6.07) is 14.6. The molecule has 3 atom stereocenters. The number of hydrogen-bond acceptors (Lipinski definition) is 4. The molecule has 2 aromatic rings. The van der Waals surface area contributed by atoms with Crippen LogP contribution in [0.1, 0.15) is 87.6 Å². The molecule has 4 heteroatoms. The van der Waals surface area contributed by atoms with Crippen molar-refractivity contribution in [3.8, 4) is 0 Å². The minimum absolute atomic E-state index is 0.0938. The molecule has 33 heavy (non-hydrogen) atoms. The van der Waals surface area contributed by atoms with Crippen molar-refractivity contribution < 1.29 is 4.74 Å². The highest BCUT2D eigenvalue weighted by molar-refractivity contribution is 5.67. The molecule has 1 aromatic heterocycles. The summed E-state index contributed by atoms with van der Waals surface area (Å²) in [5.41, 5.74) is 6.13. The van der Waals surface area contributed by atoms with Gasteiger partial charge in [0, 0.05) is 48.2 Å². The van der Waals surface area contributed by atoms with Crippen molar-refractivity contribution in [2.45, 2.75) is 94.2 Å². The third kappa shape index (κ3) is 3.80. The van der Waals surface area contributed by atoms with Gasteiger partial charge >= 0.3 is 0 Å². The predicted octanol–water partition coefficient (Wildman–Crippen LogP) is 5.71. The fourth-order valence-electron chi connectivity index (χ4n) is 7.53. The van der Waals surface area contributed by atoms with Crippen LogP contribution >= 0.6 is 0 Å². The average Bonchev–Trinajstić information content (AvgIpc) is 3.46. The number of nitrogens with one attached hydrogen (secondary N) is 1. The molecule has 1 aliphatic carbocycles. The maximum Gasteiger partial charge on any atom is 0.0691 e. The molecule has 4 nitrogen and oxygen atoms in total. The molecule has 6 rings (SSSR count). The van der Waals surface area contributed by atoms with Gasteiger partial charge in [0.15, 0.2) is 0 Å². The Labute approximate surface area is 199 Å². The molecule has 3 aliphatic heterocycles. The first-order valence-corrected chi connectivity index (χ1v) is 13.4. The third-order valence-corrected chi connectivity index (χ3v) is 9.21. The maximum atomic E-state index is 6.44. The van der Waals surface area contributed by atoms with E-state index in [1.165, 1.54) is 62.7 Å². The van der Waals surface area contributed by atoms with Crippen LogP contribution in [0.15, 0.2) is 42.6 Å². The van der Waals surface area contributed by atoms with Crippen LogP contribution in [0.2, 0.25) is 0 Å². The molecular weight excluding hydrogens is 406 g/mol. The number of pyridine rings is 1. The molecule has 4 aliphatic rings. The van der Waals surface area contributed by atoms with Gasteiger partial charge < -0.3 is 15.0 Å². The van der Waals surface area contributed by atoms with Crippen LogP contribution in [0.3, 0.4) is 0 Å². The summed E-state index contributed by atoms with van der Waals surface area (Å²) >= 11 is 0. The molecule has 2 fully saturated rings. The molecule has 1 spiro atoms. The van der Waals surface area contributed by atoms with Crippen molar-refractivity contribution in [1.29, 1.82) is 0 Å². The van der Waals surface area contributed by atoms with Crippen molar-refractivity contribution in [3.05, 3.63) is 59.4 Å². The number of para-hydroxylation sites is 1. The zero-order valence-electron chi connectivity index (χ0n) is 20.2. The van der Waals surface area contributed by atoms with Gasteiger partial charge in [-0.3, -0.25) is 4.98 Å². The van der Waals surface area contributed by atoms with E-state index in [9.17, 15) is 0 Å². The Balaban J connectivity index is 1.21. The Morgan fingerprint density at radius 1 is 1.12 bits per heavy atom. The van der Waals surface area contributed by atoms with Gasteiger partial charge in [-0.15, -0.1) is 0 Å².